The van der Waals surface area contributed by atoms with Gasteiger partial charge in [0, 0.05) is 36.7 Å². The molecule has 2 nitrogen and oxygen atoms in total. The molecule has 3 rings (SSSR count). The van der Waals surface area contributed by atoms with E-state index in [0.717, 1.165) is 25.7 Å². The number of nitrogens with zero attached hydrogens (tertiary/aromatic N) is 1. The van der Waals surface area contributed by atoms with E-state index >= 15 is 0 Å². The molecule has 1 saturated carbocycles. The molecule has 1 aliphatic heterocycles. The monoisotopic (exact) mass is 334 g/mol. The van der Waals surface area contributed by atoms with Crippen LogP contribution in [0.1, 0.15) is 37.3 Å². The summed E-state index contributed by atoms with van der Waals surface area (Å²) in [5, 5.41) is 3.57. The third-order valence-corrected chi connectivity index (χ3v) is 4.94. The lowest BCUT2D eigenvalue weighted by Crippen LogP contribution is -2.28. The Morgan fingerprint density at radius 3 is 2.85 bits per heavy atom. The van der Waals surface area contributed by atoms with Crippen molar-refractivity contribution in [2.45, 2.75) is 45.3 Å². The van der Waals surface area contributed by atoms with E-state index in [0.29, 0.717) is 0 Å². The molecule has 0 saturated heterocycles. The van der Waals surface area contributed by atoms with E-state index in [9.17, 15) is 0 Å². The van der Waals surface area contributed by atoms with Crippen LogP contribution in [0.2, 0.25) is 0 Å². The Labute approximate surface area is 130 Å². The molecule has 0 spiro atoms. The maximum Gasteiger partial charge on any atom is 0.0248 e. The molecule has 3 heteroatoms. The van der Waals surface area contributed by atoms with Gasteiger partial charge in [-0.2, -0.15) is 0 Å². The molecule has 0 bridgehead atoms. The van der Waals surface area contributed by atoms with Crippen LogP contribution in [0.25, 0.3) is 0 Å². The zero-order chi connectivity index (χ0) is 13.9. The SMILES string of the molecule is CC1=CCN(Cc2ccc(CNC3CC3)cc2Br)CC1. The minimum atomic E-state index is 0.775. The standard InChI is InChI=1S/C17H23BrN2/c1-13-6-8-20(9-7-13)12-15-3-2-14(10-17(15)18)11-19-16-4-5-16/h2-3,6,10,16,19H,4-5,7-9,11-12H2,1H3. The normalized spacial score (nSPS) is 20.0. The van der Waals surface area contributed by atoms with Crippen molar-refractivity contribution < 1.29 is 0 Å². The van der Waals surface area contributed by atoms with E-state index in [1.165, 1.54) is 47.0 Å². The predicted molar refractivity (Wildman–Crippen MR) is 87.7 cm³/mol. The second kappa shape index (κ2) is 6.42. The van der Waals surface area contributed by atoms with Gasteiger partial charge in [-0.25, -0.2) is 0 Å². The number of nitrogens with one attached hydrogen (secondary N) is 1. The molecule has 0 radical (unpaired) electrons. The second-order valence-corrected chi connectivity index (χ2v) is 6.97. The van der Waals surface area contributed by atoms with Gasteiger partial charge < -0.3 is 5.32 Å². The first-order valence-electron chi connectivity index (χ1n) is 7.59. The first-order valence-corrected chi connectivity index (χ1v) is 8.39. The van der Waals surface area contributed by atoms with Crippen molar-refractivity contribution in [2.24, 2.45) is 0 Å². The van der Waals surface area contributed by atoms with Gasteiger partial charge in [0.05, 0.1) is 0 Å². The van der Waals surface area contributed by atoms with Crippen molar-refractivity contribution in [1.82, 2.24) is 10.2 Å². The highest BCUT2D eigenvalue weighted by molar-refractivity contribution is 9.10. The number of rotatable bonds is 5. The largest absolute Gasteiger partial charge is 0.310 e. The molecule has 20 heavy (non-hydrogen) atoms. The second-order valence-electron chi connectivity index (χ2n) is 6.12. The van der Waals surface area contributed by atoms with E-state index < -0.39 is 0 Å². The highest BCUT2D eigenvalue weighted by Crippen LogP contribution is 2.23. The van der Waals surface area contributed by atoms with Crippen LogP contribution in [0.15, 0.2) is 34.3 Å². The first-order chi connectivity index (χ1) is 9.70. The summed E-state index contributed by atoms with van der Waals surface area (Å²) in [6.45, 7) is 6.54. The van der Waals surface area contributed by atoms with Crippen molar-refractivity contribution in [2.75, 3.05) is 13.1 Å². The van der Waals surface area contributed by atoms with Crippen LogP contribution in [0.5, 0.6) is 0 Å². The molecular formula is C17H23BrN2. The Morgan fingerprint density at radius 1 is 1.35 bits per heavy atom. The van der Waals surface area contributed by atoms with Gasteiger partial charge in [-0.1, -0.05) is 39.7 Å². The molecule has 1 aromatic carbocycles. The van der Waals surface area contributed by atoms with E-state index in [-0.39, 0.29) is 0 Å². The predicted octanol–water partition coefficient (Wildman–Crippen LogP) is 3.85. The van der Waals surface area contributed by atoms with Crippen molar-refractivity contribution >= 4 is 15.9 Å². The molecule has 0 atom stereocenters. The zero-order valence-electron chi connectivity index (χ0n) is 12.2. The van der Waals surface area contributed by atoms with Gasteiger partial charge in [0.25, 0.3) is 0 Å². The molecule has 1 N–H and O–H groups in total. The smallest absolute Gasteiger partial charge is 0.0248 e. The van der Waals surface area contributed by atoms with E-state index in [1.54, 1.807) is 0 Å². The summed E-state index contributed by atoms with van der Waals surface area (Å²) >= 11 is 3.74. The van der Waals surface area contributed by atoms with Gasteiger partial charge in [0.15, 0.2) is 0 Å². The molecule has 2 aliphatic rings. The topological polar surface area (TPSA) is 15.3 Å². The number of hydrogen-bond acceptors (Lipinski definition) is 2. The third-order valence-electron chi connectivity index (χ3n) is 4.20. The average molecular weight is 335 g/mol. The maximum atomic E-state index is 3.74. The van der Waals surface area contributed by atoms with Crippen LogP contribution >= 0.6 is 15.9 Å². The molecule has 1 heterocycles. The van der Waals surface area contributed by atoms with E-state index in [1.807, 2.05) is 0 Å². The fourth-order valence-electron chi connectivity index (χ4n) is 2.58. The molecule has 108 valence electrons. The van der Waals surface area contributed by atoms with Gasteiger partial charge in [0.1, 0.15) is 0 Å². The van der Waals surface area contributed by atoms with Crippen molar-refractivity contribution in [1.29, 1.82) is 0 Å². The Morgan fingerprint density at radius 2 is 2.20 bits per heavy atom. The summed E-state index contributed by atoms with van der Waals surface area (Å²) < 4.78 is 1.25. The van der Waals surface area contributed by atoms with Gasteiger partial charge in [-0.05, 0) is 43.4 Å². The molecule has 0 amide bonds. The summed E-state index contributed by atoms with van der Waals surface area (Å²) in [5.74, 6) is 0. The summed E-state index contributed by atoms with van der Waals surface area (Å²) in [4.78, 5) is 2.51. The molecular weight excluding hydrogens is 312 g/mol. The highest BCUT2D eigenvalue weighted by atomic mass is 79.9. The lowest BCUT2D eigenvalue weighted by molar-refractivity contribution is 0.285. The van der Waals surface area contributed by atoms with Crippen LogP contribution in [0.4, 0.5) is 0 Å². The molecule has 0 aromatic heterocycles. The van der Waals surface area contributed by atoms with Crippen molar-refractivity contribution in [3.8, 4) is 0 Å². The fraction of sp³-hybridized carbons (Fsp3) is 0.529. The summed E-state index contributed by atoms with van der Waals surface area (Å²) in [6.07, 6.45) is 6.26. The van der Waals surface area contributed by atoms with Crippen LogP contribution in [0, 0.1) is 0 Å². The van der Waals surface area contributed by atoms with Crippen LogP contribution in [-0.4, -0.2) is 24.0 Å². The molecule has 1 aromatic rings. The third kappa shape index (κ3) is 3.94. The summed E-state index contributed by atoms with van der Waals surface area (Å²) in [6, 6.07) is 7.59. The van der Waals surface area contributed by atoms with Gasteiger partial charge in [-0.3, -0.25) is 4.90 Å². The van der Waals surface area contributed by atoms with Crippen molar-refractivity contribution in [3.05, 3.63) is 45.4 Å². The van der Waals surface area contributed by atoms with Crippen LogP contribution in [-0.2, 0) is 13.1 Å². The average Bonchev–Trinajstić information content (AvgIpc) is 3.26. The van der Waals surface area contributed by atoms with Crippen LogP contribution < -0.4 is 5.32 Å². The minimum Gasteiger partial charge on any atom is -0.310 e. The number of hydrogen-bond donors (Lipinski definition) is 1. The number of benzene rings is 1. The molecule has 0 unspecified atom stereocenters. The van der Waals surface area contributed by atoms with Crippen LogP contribution in [0.3, 0.4) is 0 Å². The Kier molecular flexibility index (Phi) is 4.59. The quantitative estimate of drug-likeness (QED) is 0.822. The fourth-order valence-corrected chi connectivity index (χ4v) is 3.13. The zero-order valence-corrected chi connectivity index (χ0v) is 13.7. The van der Waals surface area contributed by atoms with Gasteiger partial charge in [-0.15, -0.1) is 0 Å². The Bertz CT molecular complexity index is 506. The Hall–Kier alpha value is -0.640. The van der Waals surface area contributed by atoms with E-state index in [4.69, 9.17) is 0 Å². The minimum absolute atomic E-state index is 0.775. The van der Waals surface area contributed by atoms with Gasteiger partial charge in [0.2, 0.25) is 0 Å². The van der Waals surface area contributed by atoms with E-state index in [2.05, 4.69) is 57.3 Å². The summed E-state index contributed by atoms with van der Waals surface area (Å²) in [7, 11) is 0. The van der Waals surface area contributed by atoms with Crippen molar-refractivity contribution in [3.63, 3.8) is 0 Å². The Balaban J connectivity index is 1.58. The van der Waals surface area contributed by atoms with Gasteiger partial charge >= 0.3 is 0 Å². The maximum absolute atomic E-state index is 3.74. The highest BCUT2D eigenvalue weighted by Gasteiger charge is 2.20. The summed E-state index contributed by atoms with van der Waals surface area (Å²) in [5.41, 5.74) is 4.30. The number of halogens is 1. The first kappa shape index (κ1) is 14.3. The lowest BCUT2D eigenvalue weighted by atomic mass is 10.1. The lowest BCUT2D eigenvalue weighted by Gasteiger charge is -2.25. The molecule has 1 aliphatic carbocycles. The molecule has 1 fully saturated rings.